The first kappa shape index (κ1) is 26.5. The van der Waals surface area contributed by atoms with Gasteiger partial charge in [0.25, 0.3) is 0 Å². The van der Waals surface area contributed by atoms with Crippen LogP contribution in [0, 0.1) is 17.8 Å². The van der Waals surface area contributed by atoms with Gasteiger partial charge in [-0.25, -0.2) is 0 Å². The first-order valence-electron chi connectivity index (χ1n) is 14.1. The number of hydrogen-bond donors (Lipinski definition) is 3. The van der Waals surface area contributed by atoms with Crippen LogP contribution in [0.4, 0.5) is 0 Å². The summed E-state index contributed by atoms with van der Waals surface area (Å²) in [6.07, 6.45) is 7.44. The quantitative estimate of drug-likeness (QED) is 0.459. The number of aliphatic hydroxyl groups is 1. The Hall–Kier alpha value is -2.06. The van der Waals surface area contributed by atoms with Gasteiger partial charge in [-0.15, -0.1) is 11.8 Å². The molecule has 37 heavy (non-hydrogen) atoms. The minimum atomic E-state index is -0.693. The molecule has 4 fully saturated rings. The first-order valence-corrected chi connectivity index (χ1v) is 15.0. The molecule has 3 N–H and O–H groups in total. The van der Waals surface area contributed by atoms with E-state index in [-0.39, 0.29) is 41.5 Å². The van der Waals surface area contributed by atoms with Gasteiger partial charge in [-0.3, -0.25) is 14.4 Å². The molecule has 1 spiro atoms. The van der Waals surface area contributed by atoms with Gasteiger partial charge in [-0.05, 0) is 43.6 Å². The number of amides is 3. The molecule has 8 heteroatoms. The fourth-order valence-corrected chi connectivity index (χ4v) is 9.89. The molecular weight excluding hydrogens is 486 g/mol. The SMILES string of the molecule is CCCNC(=O)[C@@H]1[C@H]2C(=O)N([C@@H](CO)Cc3ccccc3)C(C(=O)NC3CCCCC3)C23S[C@@H]1CC3C. The van der Waals surface area contributed by atoms with Gasteiger partial charge in [0.2, 0.25) is 17.7 Å². The number of thioether (sulfide) groups is 1. The highest BCUT2D eigenvalue weighted by molar-refractivity contribution is 8.02. The predicted molar refractivity (Wildman–Crippen MR) is 145 cm³/mol. The van der Waals surface area contributed by atoms with Crippen molar-refractivity contribution in [2.45, 2.75) is 93.3 Å². The lowest BCUT2D eigenvalue weighted by molar-refractivity contribution is -0.143. The molecule has 7 atom stereocenters. The van der Waals surface area contributed by atoms with Gasteiger partial charge >= 0.3 is 0 Å². The van der Waals surface area contributed by atoms with Crippen LogP contribution in [0.25, 0.3) is 0 Å². The van der Waals surface area contributed by atoms with Crippen LogP contribution in [0.1, 0.15) is 64.4 Å². The maximum Gasteiger partial charge on any atom is 0.244 e. The van der Waals surface area contributed by atoms with E-state index in [1.807, 2.05) is 37.3 Å². The van der Waals surface area contributed by atoms with Gasteiger partial charge in [-0.2, -0.15) is 0 Å². The largest absolute Gasteiger partial charge is 0.394 e. The highest BCUT2D eigenvalue weighted by atomic mass is 32.2. The maximum atomic E-state index is 14.3. The summed E-state index contributed by atoms with van der Waals surface area (Å²) in [6.45, 7) is 4.51. The van der Waals surface area contributed by atoms with Crippen LogP contribution in [0.2, 0.25) is 0 Å². The van der Waals surface area contributed by atoms with Crippen LogP contribution in [-0.4, -0.2) is 69.0 Å². The number of benzene rings is 1. The van der Waals surface area contributed by atoms with Crippen molar-refractivity contribution in [1.29, 1.82) is 0 Å². The van der Waals surface area contributed by atoms with Gasteiger partial charge in [0.15, 0.2) is 0 Å². The number of hydrogen-bond acceptors (Lipinski definition) is 5. The molecule has 3 unspecified atom stereocenters. The Morgan fingerprint density at radius 1 is 1.16 bits per heavy atom. The molecule has 202 valence electrons. The topological polar surface area (TPSA) is 98.7 Å². The van der Waals surface area contributed by atoms with Gasteiger partial charge in [-0.1, -0.05) is 63.4 Å². The zero-order chi connectivity index (χ0) is 26.2. The smallest absolute Gasteiger partial charge is 0.244 e. The molecule has 5 rings (SSSR count). The average molecular weight is 528 g/mol. The van der Waals surface area contributed by atoms with Gasteiger partial charge < -0.3 is 20.6 Å². The van der Waals surface area contributed by atoms with Crippen molar-refractivity contribution in [1.82, 2.24) is 15.5 Å². The van der Waals surface area contributed by atoms with Crippen molar-refractivity contribution in [3.8, 4) is 0 Å². The molecule has 1 aliphatic carbocycles. The van der Waals surface area contributed by atoms with Crippen LogP contribution in [0.3, 0.4) is 0 Å². The fraction of sp³-hybridized carbons (Fsp3) is 0.690. The van der Waals surface area contributed by atoms with E-state index < -0.39 is 28.7 Å². The third-order valence-corrected chi connectivity index (χ3v) is 11.2. The second-order valence-corrected chi connectivity index (χ2v) is 13.0. The summed E-state index contributed by atoms with van der Waals surface area (Å²) < 4.78 is -0.654. The van der Waals surface area contributed by atoms with Crippen molar-refractivity contribution in [3.05, 3.63) is 35.9 Å². The normalized spacial score (nSPS) is 33.9. The molecular formula is C29H41N3O4S. The monoisotopic (exact) mass is 527 g/mol. The summed E-state index contributed by atoms with van der Waals surface area (Å²) in [7, 11) is 0. The number of fused-ring (bicyclic) bond motifs is 1. The number of nitrogens with zero attached hydrogens (tertiary/aromatic N) is 1. The Morgan fingerprint density at radius 2 is 1.89 bits per heavy atom. The summed E-state index contributed by atoms with van der Waals surface area (Å²) in [6, 6.07) is 8.72. The number of rotatable bonds is 9. The summed E-state index contributed by atoms with van der Waals surface area (Å²) >= 11 is 1.70. The van der Waals surface area contributed by atoms with E-state index >= 15 is 0 Å². The first-order chi connectivity index (χ1) is 17.9. The Balaban J connectivity index is 1.52. The molecule has 4 aliphatic rings. The molecule has 3 aliphatic heterocycles. The minimum absolute atomic E-state index is 0.0367. The van der Waals surface area contributed by atoms with E-state index in [0.29, 0.717) is 13.0 Å². The standard InChI is InChI=1S/C29H41N3O4S/c1-3-14-30-26(34)23-22-15-18(2)29(37-22)24(23)28(36)32(21(17-33)16-19-10-6-4-7-11-19)25(29)27(35)31-20-12-8-5-9-13-20/h4,6-7,10-11,18,20-25,33H,3,5,8-9,12-17H2,1-2H3,(H,30,34)(H,31,35)/t18?,21-,22-,23+,24+,25?,29?/m1/s1. The third kappa shape index (κ3) is 4.58. The van der Waals surface area contributed by atoms with Crippen LogP contribution < -0.4 is 10.6 Å². The Morgan fingerprint density at radius 3 is 2.57 bits per heavy atom. The van der Waals surface area contributed by atoms with Gasteiger partial charge in [0.1, 0.15) is 6.04 Å². The Kier molecular flexibility index (Phi) is 7.87. The van der Waals surface area contributed by atoms with Crippen LogP contribution in [0.5, 0.6) is 0 Å². The number of nitrogens with one attached hydrogen (secondary N) is 2. The van der Waals surface area contributed by atoms with Gasteiger partial charge in [0.05, 0.1) is 29.2 Å². The van der Waals surface area contributed by atoms with E-state index in [9.17, 15) is 19.5 Å². The van der Waals surface area contributed by atoms with E-state index in [2.05, 4.69) is 17.6 Å². The second kappa shape index (κ2) is 11.0. The molecule has 3 amide bonds. The van der Waals surface area contributed by atoms with Crippen molar-refractivity contribution in [2.75, 3.05) is 13.2 Å². The average Bonchev–Trinajstić information content (AvgIpc) is 3.50. The van der Waals surface area contributed by atoms with E-state index in [1.165, 1.54) is 6.42 Å². The van der Waals surface area contributed by atoms with Crippen LogP contribution in [0.15, 0.2) is 30.3 Å². The molecule has 1 saturated carbocycles. The molecule has 0 aromatic heterocycles. The second-order valence-electron chi connectivity index (χ2n) is 11.5. The summed E-state index contributed by atoms with van der Waals surface area (Å²) in [5, 5.41) is 17.0. The highest BCUT2D eigenvalue weighted by Crippen LogP contribution is 2.68. The molecule has 1 aromatic rings. The molecule has 1 aromatic carbocycles. The summed E-state index contributed by atoms with van der Waals surface area (Å²) in [5.74, 6) is -1.18. The maximum absolute atomic E-state index is 14.3. The molecule has 0 radical (unpaired) electrons. The molecule has 3 heterocycles. The zero-order valence-electron chi connectivity index (χ0n) is 22.0. The predicted octanol–water partition coefficient (Wildman–Crippen LogP) is 2.90. The van der Waals surface area contributed by atoms with Crippen molar-refractivity contribution >= 4 is 29.5 Å². The molecule has 7 nitrogen and oxygen atoms in total. The van der Waals surface area contributed by atoms with Gasteiger partial charge in [0, 0.05) is 17.8 Å². The molecule has 3 saturated heterocycles. The Labute approximate surface area is 224 Å². The van der Waals surface area contributed by atoms with Crippen LogP contribution in [-0.2, 0) is 20.8 Å². The number of carbonyl (C=O) groups is 3. The minimum Gasteiger partial charge on any atom is -0.394 e. The van der Waals surface area contributed by atoms with E-state index in [1.54, 1.807) is 16.7 Å². The van der Waals surface area contributed by atoms with E-state index in [0.717, 1.165) is 44.1 Å². The third-order valence-electron chi connectivity index (χ3n) is 9.15. The number of aliphatic hydroxyl groups excluding tert-OH is 1. The van der Waals surface area contributed by atoms with E-state index in [4.69, 9.17) is 0 Å². The van der Waals surface area contributed by atoms with Crippen LogP contribution >= 0.6 is 11.8 Å². The van der Waals surface area contributed by atoms with Crippen molar-refractivity contribution in [2.24, 2.45) is 17.8 Å². The number of carbonyl (C=O) groups excluding carboxylic acids is 3. The lowest BCUT2D eigenvalue weighted by atomic mass is 9.65. The number of likely N-dealkylation sites (tertiary alicyclic amines) is 1. The zero-order valence-corrected chi connectivity index (χ0v) is 22.8. The fourth-order valence-electron chi connectivity index (χ4n) is 7.48. The van der Waals surface area contributed by atoms with Crippen molar-refractivity contribution in [3.63, 3.8) is 0 Å². The summed E-state index contributed by atoms with van der Waals surface area (Å²) in [5.41, 5.74) is 1.01. The summed E-state index contributed by atoms with van der Waals surface area (Å²) in [4.78, 5) is 43.6. The lowest BCUT2D eigenvalue weighted by Crippen LogP contribution is -2.60. The van der Waals surface area contributed by atoms with Crippen molar-refractivity contribution < 1.29 is 19.5 Å². The molecule has 2 bridgehead atoms. The lowest BCUT2D eigenvalue weighted by Gasteiger charge is -2.41. The Bertz CT molecular complexity index is 1000. The highest BCUT2D eigenvalue weighted by Gasteiger charge is 2.76.